The van der Waals surface area contributed by atoms with Crippen LogP contribution in [0, 0.1) is 4.91 Å². The van der Waals surface area contributed by atoms with Gasteiger partial charge in [0.25, 0.3) is 11.8 Å². The number of carbonyl (C=O) groups excluding carboxylic acids is 5. The van der Waals surface area contributed by atoms with E-state index in [0.717, 1.165) is 35.6 Å². The van der Waals surface area contributed by atoms with Crippen molar-refractivity contribution in [2.24, 2.45) is 5.29 Å². The van der Waals surface area contributed by atoms with Crippen LogP contribution < -0.4 is 10.6 Å². The molecule has 0 aromatic heterocycles. The van der Waals surface area contributed by atoms with Crippen LogP contribution in [0.2, 0.25) is 0 Å². The highest BCUT2D eigenvalue weighted by Gasteiger charge is 2.44. The molecule has 0 radical (unpaired) electrons. The van der Waals surface area contributed by atoms with E-state index in [2.05, 4.69) is 15.9 Å². The number of carbonyl (C=O) groups is 5. The summed E-state index contributed by atoms with van der Waals surface area (Å²) >= 11 is 5.44. The van der Waals surface area contributed by atoms with Crippen LogP contribution >= 0.6 is 11.6 Å². The van der Waals surface area contributed by atoms with Crippen LogP contribution in [0.1, 0.15) is 65.7 Å². The maximum atomic E-state index is 12.2. The number of fused-ring (bicyclic) bond motifs is 1. The lowest BCUT2D eigenvalue weighted by molar-refractivity contribution is -0.136. The number of alkyl halides is 1. The van der Waals surface area contributed by atoms with E-state index in [9.17, 15) is 28.9 Å². The molecule has 0 spiro atoms. The SMILES string of the molecule is O=C1CCC(N2C(=O)c3ccccc3C2=O)C(=O)N1.O=NN(CCCl)C(=O)NC1CCCCC1. The molecule has 2 N–H and O–H groups in total. The van der Waals surface area contributed by atoms with E-state index in [1.54, 1.807) is 24.3 Å². The molecule has 2 fully saturated rings. The molecule has 1 unspecified atom stereocenters. The molecule has 12 heteroatoms. The van der Waals surface area contributed by atoms with Gasteiger partial charge < -0.3 is 5.32 Å². The Balaban J connectivity index is 0.000000197. The molecule has 1 saturated carbocycles. The summed E-state index contributed by atoms with van der Waals surface area (Å²) in [6, 6.07) is 5.30. The molecule has 2 aliphatic heterocycles. The Bertz CT molecular complexity index is 945. The molecule has 1 aromatic carbocycles. The zero-order valence-corrected chi connectivity index (χ0v) is 19.3. The van der Waals surface area contributed by atoms with Crippen LogP contribution in [0.15, 0.2) is 29.6 Å². The largest absolute Gasteiger partial charge is 0.340 e. The Morgan fingerprint density at radius 1 is 1.06 bits per heavy atom. The minimum atomic E-state index is -0.898. The fourth-order valence-electron chi connectivity index (χ4n) is 4.17. The van der Waals surface area contributed by atoms with Crippen LogP contribution in [0.4, 0.5) is 4.79 Å². The zero-order chi connectivity index (χ0) is 24.7. The van der Waals surface area contributed by atoms with Gasteiger partial charge in [0.15, 0.2) is 0 Å². The Kier molecular flexibility index (Phi) is 8.69. The van der Waals surface area contributed by atoms with Gasteiger partial charge in [-0.3, -0.25) is 29.4 Å². The third kappa shape index (κ3) is 5.77. The summed E-state index contributed by atoms with van der Waals surface area (Å²) < 4.78 is 0. The standard InChI is InChI=1S/C13H10N2O4.C9H16ClN3O2/c16-10-6-5-9(11(17)14-10)15-12(18)7-3-1-2-4-8(7)13(15)19;10-6-7-13(12-15)9(14)11-8-4-2-1-3-5-8/h1-4,9H,5-6H2,(H,14,16,17);8H,1-7H2,(H,11,14). The number of urea groups is 1. The smallest absolute Gasteiger partial charge is 0.334 e. The van der Waals surface area contributed by atoms with Crippen molar-refractivity contribution in [2.75, 3.05) is 12.4 Å². The number of benzene rings is 1. The lowest BCUT2D eigenvalue weighted by atomic mass is 9.96. The summed E-state index contributed by atoms with van der Waals surface area (Å²) in [6.45, 7) is 0.156. The third-order valence-electron chi connectivity index (χ3n) is 5.91. The average Bonchev–Trinajstić information content (AvgIpc) is 3.09. The molecule has 2 heterocycles. The number of nitroso groups, excluding NO2 is 1. The number of nitrogens with one attached hydrogen (secondary N) is 2. The molecular weight excluding hydrogens is 466 g/mol. The topological polar surface area (TPSA) is 145 Å². The molecule has 1 aliphatic carbocycles. The summed E-state index contributed by atoms with van der Waals surface area (Å²) in [6.07, 6.45) is 5.77. The van der Waals surface area contributed by atoms with Crippen molar-refractivity contribution in [1.29, 1.82) is 0 Å². The van der Waals surface area contributed by atoms with Crippen molar-refractivity contribution < 1.29 is 24.0 Å². The van der Waals surface area contributed by atoms with Crippen molar-refractivity contribution >= 4 is 41.3 Å². The van der Waals surface area contributed by atoms with E-state index in [-0.39, 0.29) is 37.2 Å². The number of piperidine rings is 1. The van der Waals surface area contributed by atoms with E-state index in [0.29, 0.717) is 11.1 Å². The maximum Gasteiger partial charge on any atom is 0.340 e. The van der Waals surface area contributed by atoms with E-state index in [4.69, 9.17) is 11.6 Å². The fraction of sp³-hybridized carbons (Fsp3) is 0.500. The van der Waals surface area contributed by atoms with Gasteiger partial charge in [0.05, 0.1) is 23.0 Å². The van der Waals surface area contributed by atoms with Crippen LogP contribution in [-0.4, -0.2) is 64.1 Å². The van der Waals surface area contributed by atoms with Crippen LogP contribution in [0.3, 0.4) is 0 Å². The summed E-state index contributed by atoms with van der Waals surface area (Å²) in [5.41, 5.74) is 0.606. The van der Waals surface area contributed by atoms with E-state index >= 15 is 0 Å². The second-order valence-electron chi connectivity index (χ2n) is 8.17. The molecule has 0 bridgehead atoms. The van der Waals surface area contributed by atoms with Gasteiger partial charge in [-0.15, -0.1) is 16.5 Å². The third-order valence-corrected chi connectivity index (χ3v) is 6.08. The first-order valence-corrected chi connectivity index (χ1v) is 11.7. The monoisotopic (exact) mass is 491 g/mol. The molecule has 182 valence electrons. The second kappa shape index (κ2) is 11.7. The first kappa shape index (κ1) is 25.3. The molecule has 1 saturated heterocycles. The van der Waals surface area contributed by atoms with Crippen molar-refractivity contribution in [1.82, 2.24) is 20.5 Å². The second-order valence-corrected chi connectivity index (χ2v) is 8.55. The van der Waals surface area contributed by atoms with E-state index in [1.165, 1.54) is 6.42 Å². The molecule has 11 nitrogen and oxygen atoms in total. The van der Waals surface area contributed by atoms with E-state index in [1.807, 2.05) is 0 Å². The van der Waals surface area contributed by atoms with Crippen molar-refractivity contribution in [3.63, 3.8) is 0 Å². The Morgan fingerprint density at radius 3 is 2.21 bits per heavy atom. The van der Waals surface area contributed by atoms with Crippen LogP contribution in [0.25, 0.3) is 0 Å². The highest BCUT2D eigenvalue weighted by molar-refractivity contribution is 6.23. The van der Waals surface area contributed by atoms with Gasteiger partial charge in [0.2, 0.25) is 11.8 Å². The maximum absolute atomic E-state index is 12.2. The zero-order valence-electron chi connectivity index (χ0n) is 18.5. The van der Waals surface area contributed by atoms with Crippen molar-refractivity contribution in [2.45, 2.75) is 57.0 Å². The van der Waals surface area contributed by atoms with Crippen LogP contribution in [0.5, 0.6) is 0 Å². The van der Waals surface area contributed by atoms with E-state index < -0.39 is 29.8 Å². The number of hydrogen-bond donors (Lipinski definition) is 2. The first-order valence-electron chi connectivity index (χ1n) is 11.1. The molecule has 3 aliphatic rings. The summed E-state index contributed by atoms with van der Waals surface area (Å²) in [5, 5.41) is 8.40. The first-order chi connectivity index (χ1) is 16.4. The van der Waals surface area contributed by atoms with Crippen LogP contribution in [-0.2, 0) is 9.59 Å². The molecule has 4 rings (SSSR count). The number of imide groups is 2. The minimum absolute atomic E-state index is 0.129. The Labute approximate surface area is 201 Å². The number of rotatable bonds is 5. The quantitative estimate of drug-likeness (QED) is 0.280. The van der Waals surface area contributed by atoms with Gasteiger partial charge in [-0.1, -0.05) is 31.4 Å². The summed E-state index contributed by atoms with van der Waals surface area (Å²) in [4.78, 5) is 70.0. The number of halogens is 1. The highest BCUT2D eigenvalue weighted by atomic mass is 35.5. The van der Waals surface area contributed by atoms with Crippen molar-refractivity contribution in [3.05, 3.63) is 40.3 Å². The van der Waals surface area contributed by atoms with Gasteiger partial charge in [0, 0.05) is 18.3 Å². The number of hydrogen-bond acceptors (Lipinski definition) is 7. The average molecular weight is 492 g/mol. The Hall–Kier alpha value is -3.34. The lowest BCUT2D eigenvalue weighted by Gasteiger charge is -2.27. The van der Waals surface area contributed by atoms with Crippen molar-refractivity contribution in [3.8, 4) is 0 Å². The summed E-state index contributed by atoms with van der Waals surface area (Å²) in [5.74, 6) is -1.71. The number of nitrogens with zero attached hydrogens (tertiary/aromatic N) is 3. The summed E-state index contributed by atoms with van der Waals surface area (Å²) in [7, 11) is 0. The van der Waals surface area contributed by atoms with Gasteiger partial charge in [-0.05, 0) is 31.4 Å². The minimum Gasteiger partial charge on any atom is -0.334 e. The molecule has 34 heavy (non-hydrogen) atoms. The highest BCUT2D eigenvalue weighted by Crippen LogP contribution is 2.27. The van der Waals surface area contributed by atoms with Gasteiger partial charge in [-0.2, -0.15) is 5.01 Å². The predicted octanol–water partition coefficient (Wildman–Crippen LogP) is 2.34. The molecule has 1 atom stereocenters. The molecule has 6 amide bonds. The fourth-order valence-corrected chi connectivity index (χ4v) is 4.34. The molecular formula is C22H26ClN5O6. The normalized spacial score (nSPS) is 20.1. The molecule has 1 aromatic rings. The Morgan fingerprint density at radius 2 is 1.68 bits per heavy atom. The van der Waals surface area contributed by atoms with Gasteiger partial charge >= 0.3 is 6.03 Å². The number of amides is 6. The van der Waals surface area contributed by atoms with Gasteiger partial charge in [0.1, 0.15) is 6.04 Å². The predicted molar refractivity (Wildman–Crippen MR) is 122 cm³/mol. The van der Waals surface area contributed by atoms with Gasteiger partial charge in [-0.25, -0.2) is 4.79 Å². The lowest BCUT2D eigenvalue weighted by Crippen LogP contribution is -2.54.